The second-order valence-electron chi connectivity index (χ2n) is 12.8. The highest BCUT2D eigenvalue weighted by Crippen LogP contribution is 2.56. The molecule has 7 rings (SSSR count). The van der Waals surface area contributed by atoms with Crippen molar-refractivity contribution >= 4 is 40.2 Å². The molecule has 0 unspecified atom stereocenters. The van der Waals surface area contributed by atoms with Crippen LogP contribution in [0.2, 0.25) is 0 Å². The lowest BCUT2D eigenvalue weighted by Gasteiger charge is -2.36. The lowest BCUT2D eigenvalue weighted by Crippen LogP contribution is -2.56. The fourth-order valence-electron chi connectivity index (χ4n) is 7.59. The maximum atomic E-state index is 15.0. The van der Waals surface area contributed by atoms with Crippen LogP contribution in [0.3, 0.4) is 0 Å². The maximum absolute atomic E-state index is 15.0. The van der Waals surface area contributed by atoms with Crippen LogP contribution in [0.5, 0.6) is 0 Å². The molecule has 6 atom stereocenters. The van der Waals surface area contributed by atoms with E-state index in [0.29, 0.717) is 30.5 Å². The largest absolute Gasteiger partial charge is 0.455 e. The van der Waals surface area contributed by atoms with E-state index in [4.69, 9.17) is 9.47 Å². The summed E-state index contributed by atoms with van der Waals surface area (Å²) in [5.41, 5.74) is -0.00845. The van der Waals surface area contributed by atoms with E-state index in [-0.39, 0.29) is 50.4 Å². The Morgan fingerprint density at radius 1 is 0.896 bits per heavy atom. The number of anilines is 1. The van der Waals surface area contributed by atoms with Gasteiger partial charge in [-0.05, 0) is 47.7 Å². The van der Waals surface area contributed by atoms with Crippen LogP contribution < -0.4 is 10.2 Å². The monoisotopic (exact) mass is 649 g/mol. The molecule has 4 aliphatic rings. The van der Waals surface area contributed by atoms with Crippen LogP contribution in [0.1, 0.15) is 37.4 Å². The molecule has 2 N–H and O–H groups in total. The number of cyclic esters (lactones) is 1. The number of aliphatic hydroxyl groups is 1. The first-order valence-corrected chi connectivity index (χ1v) is 16.7. The van der Waals surface area contributed by atoms with Crippen molar-refractivity contribution in [2.75, 3.05) is 31.1 Å². The van der Waals surface area contributed by atoms with Crippen LogP contribution >= 0.6 is 0 Å². The van der Waals surface area contributed by atoms with Crippen molar-refractivity contribution in [2.45, 2.75) is 49.5 Å². The Kier molecular flexibility index (Phi) is 8.85. The van der Waals surface area contributed by atoms with E-state index in [1.54, 1.807) is 22.0 Å². The van der Waals surface area contributed by atoms with Crippen molar-refractivity contribution in [3.63, 3.8) is 0 Å². The number of allylic oxidation sites excluding steroid dienone is 1. The second kappa shape index (κ2) is 13.4. The number of carbonyl (C=O) groups is 4. The highest BCUT2D eigenvalue weighted by atomic mass is 16.6. The number of amides is 3. The van der Waals surface area contributed by atoms with Crippen LogP contribution in [0.15, 0.2) is 97.1 Å². The van der Waals surface area contributed by atoms with Crippen LogP contribution in [0.4, 0.5) is 5.69 Å². The Labute approximate surface area is 279 Å². The summed E-state index contributed by atoms with van der Waals surface area (Å²) in [6.07, 6.45) is 7.35. The summed E-state index contributed by atoms with van der Waals surface area (Å²) in [4.78, 5) is 59.5. The number of hydrogen-bond acceptors (Lipinski definition) is 7. The fraction of sp³-hybridized carbons (Fsp3) is 0.368. The third kappa shape index (κ3) is 5.69. The van der Waals surface area contributed by atoms with E-state index >= 15 is 0 Å². The maximum Gasteiger partial charge on any atom is 0.313 e. The van der Waals surface area contributed by atoms with Gasteiger partial charge in [0.1, 0.15) is 23.7 Å². The Morgan fingerprint density at radius 3 is 2.50 bits per heavy atom. The summed E-state index contributed by atoms with van der Waals surface area (Å²) in [6, 6.07) is 21.8. The Balaban J connectivity index is 1.31. The molecule has 10 heteroatoms. The first-order chi connectivity index (χ1) is 23.4. The minimum absolute atomic E-state index is 0.0476. The molecule has 0 aliphatic carbocycles. The van der Waals surface area contributed by atoms with E-state index in [1.165, 1.54) is 0 Å². The molecule has 5 bridgehead atoms. The minimum Gasteiger partial charge on any atom is -0.455 e. The Morgan fingerprint density at radius 2 is 1.69 bits per heavy atom. The zero-order valence-corrected chi connectivity index (χ0v) is 26.6. The molecular weight excluding hydrogens is 610 g/mol. The predicted octanol–water partition coefficient (Wildman–Crippen LogP) is 3.85. The summed E-state index contributed by atoms with van der Waals surface area (Å²) in [7, 11) is 0. The predicted molar refractivity (Wildman–Crippen MR) is 179 cm³/mol. The number of hydrogen-bond donors (Lipinski definition) is 2. The van der Waals surface area contributed by atoms with E-state index in [1.807, 2.05) is 84.9 Å². The number of aliphatic hydroxyl groups excluding tert-OH is 1. The second-order valence-corrected chi connectivity index (χ2v) is 12.8. The molecule has 0 saturated carbocycles. The quantitative estimate of drug-likeness (QED) is 0.236. The first kappa shape index (κ1) is 31.8. The fourth-order valence-corrected chi connectivity index (χ4v) is 7.59. The van der Waals surface area contributed by atoms with Gasteiger partial charge < -0.3 is 29.7 Å². The van der Waals surface area contributed by atoms with Gasteiger partial charge in [0.25, 0.3) is 5.91 Å². The topological polar surface area (TPSA) is 125 Å². The van der Waals surface area contributed by atoms with Crippen molar-refractivity contribution in [3.8, 4) is 0 Å². The summed E-state index contributed by atoms with van der Waals surface area (Å²) in [6.45, 7) is 0.440. The van der Waals surface area contributed by atoms with E-state index in [2.05, 4.69) is 5.32 Å². The third-order valence-electron chi connectivity index (χ3n) is 9.90. The number of rotatable bonds is 6. The average Bonchev–Trinajstić information content (AvgIpc) is 3.75. The zero-order valence-electron chi connectivity index (χ0n) is 26.6. The normalized spacial score (nSPS) is 29.6. The number of nitrogens with one attached hydrogen (secondary N) is 1. The van der Waals surface area contributed by atoms with Gasteiger partial charge in [-0.3, -0.25) is 19.2 Å². The lowest BCUT2D eigenvalue weighted by atomic mass is 9.74. The number of benzene rings is 3. The minimum atomic E-state index is -1.37. The summed E-state index contributed by atoms with van der Waals surface area (Å²) < 4.78 is 12.7. The standard InChI is InChI=1S/C38H39N3O7/c42-22-10-9-21-41-34-36(45)40(28-17-16-25-11-6-7-14-27(25)23-28)20-8-2-5-15-31(43)39-24-30(26-12-3-1-4-13-26)47-37(46)32-29-18-19-38(34,48-29)33(32)35(41)44/h1-4,6-8,11-14,16-19,23,29-30,32-34,42H,5,9-10,15,20-22,24H2,(H,39,43)/b8-2-/t29-,30-,32+,33+,34-,38+/m1/s1. The van der Waals surface area contributed by atoms with Gasteiger partial charge in [0.15, 0.2) is 0 Å². The van der Waals surface area contributed by atoms with Crippen LogP contribution in [-0.2, 0) is 28.7 Å². The SMILES string of the molecule is O=C1CC/C=C\CN(c2ccc3ccccc3c2)C(=O)[C@H]2N(CCCCO)C(=O)[C@@H]3[C@@H](C(=O)O[C@@H](c4ccccc4)CN1)[C@H]1C=C[C@]32O1. The van der Waals surface area contributed by atoms with Crippen molar-refractivity contribution in [3.05, 3.63) is 103 Å². The molecule has 3 aromatic rings. The molecule has 48 heavy (non-hydrogen) atoms. The van der Waals surface area contributed by atoms with Gasteiger partial charge in [0.05, 0.1) is 18.6 Å². The van der Waals surface area contributed by atoms with Crippen LogP contribution in [-0.4, -0.2) is 77.7 Å². The van der Waals surface area contributed by atoms with Crippen molar-refractivity contribution < 1.29 is 33.8 Å². The Hall–Kier alpha value is -4.80. The van der Waals surface area contributed by atoms with Gasteiger partial charge >= 0.3 is 5.97 Å². The zero-order chi connectivity index (χ0) is 33.3. The molecule has 0 aromatic heterocycles. The molecule has 248 valence electrons. The number of unbranched alkanes of at least 4 members (excludes halogenated alkanes) is 1. The molecule has 10 nitrogen and oxygen atoms in total. The molecular formula is C38H39N3O7. The summed E-state index contributed by atoms with van der Waals surface area (Å²) in [5.74, 6) is -3.45. The number of ether oxygens (including phenoxy) is 2. The molecule has 3 amide bonds. The third-order valence-corrected chi connectivity index (χ3v) is 9.90. The van der Waals surface area contributed by atoms with Crippen molar-refractivity contribution in [1.82, 2.24) is 10.2 Å². The van der Waals surface area contributed by atoms with Gasteiger partial charge in [0.2, 0.25) is 11.8 Å². The number of nitrogens with zero attached hydrogens (tertiary/aromatic N) is 2. The van der Waals surface area contributed by atoms with Crippen molar-refractivity contribution in [2.24, 2.45) is 11.8 Å². The molecule has 3 aromatic carbocycles. The number of carbonyl (C=O) groups excluding carboxylic acids is 4. The highest BCUT2D eigenvalue weighted by Gasteiger charge is 2.73. The average molecular weight is 650 g/mol. The molecule has 0 radical (unpaired) electrons. The highest BCUT2D eigenvalue weighted by molar-refractivity contribution is 6.06. The van der Waals surface area contributed by atoms with E-state index in [0.717, 1.165) is 10.8 Å². The molecule has 1 spiro atoms. The molecule has 2 saturated heterocycles. The molecule has 4 aliphatic heterocycles. The van der Waals surface area contributed by atoms with Gasteiger partial charge in [-0.25, -0.2) is 0 Å². The smallest absolute Gasteiger partial charge is 0.313 e. The van der Waals surface area contributed by atoms with E-state index < -0.39 is 41.7 Å². The molecule has 4 heterocycles. The number of likely N-dealkylation sites (tertiary alicyclic amines) is 1. The van der Waals surface area contributed by atoms with Gasteiger partial charge in [-0.15, -0.1) is 0 Å². The van der Waals surface area contributed by atoms with Gasteiger partial charge in [-0.2, -0.15) is 0 Å². The molecule has 2 fully saturated rings. The van der Waals surface area contributed by atoms with E-state index in [9.17, 15) is 24.3 Å². The van der Waals surface area contributed by atoms with Crippen molar-refractivity contribution in [1.29, 1.82) is 0 Å². The Bertz CT molecular complexity index is 1770. The number of esters is 1. The first-order valence-electron chi connectivity index (χ1n) is 16.7. The summed E-state index contributed by atoms with van der Waals surface area (Å²) in [5, 5.41) is 14.4. The van der Waals surface area contributed by atoms with Gasteiger partial charge in [0, 0.05) is 31.8 Å². The van der Waals surface area contributed by atoms with Crippen LogP contribution in [0.25, 0.3) is 10.8 Å². The lowest BCUT2D eigenvalue weighted by molar-refractivity contribution is -0.159. The van der Waals surface area contributed by atoms with Crippen LogP contribution in [0, 0.1) is 11.8 Å². The van der Waals surface area contributed by atoms with Gasteiger partial charge in [-0.1, -0.05) is 85.0 Å². The number of fused-ring (bicyclic) bond motifs is 3. The summed E-state index contributed by atoms with van der Waals surface area (Å²) >= 11 is 0.